The SMILES string of the molecule is CCCNC(Cn1nc(CC)cc1CC)C(=O)O. The zero-order valence-corrected chi connectivity index (χ0v) is 11.4. The van der Waals surface area contributed by atoms with E-state index in [2.05, 4.69) is 30.3 Å². The van der Waals surface area contributed by atoms with Crippen LogP contribution in [0, 0.1) is 0 Å². The fourth-order valence-electron chi connectivity index (χ4n) is 1.85. The second kappa shape index (κ2) is 7.16. The highest BCUT2D eigenvalue weighted by Crippen LogP contribution is 2.07. The number of nitrogens with zero attached hydrogens (tertiary/aromatic N) is 2. The lowest BCUT2D eigenvalue weighted by Crippen LogP contribution is -2.41. The van der Waals surface area contributed by atoms with Gasteiger partial charge >= 0.3 is 5.97 Å². The van der Waals surface area contributed by atoms with Crippen LogP contribution in [0.25, 0.3) is 0 Å². The quantitative estimate of drug-likeness (QED) is 0.736. The molecule has 1 rings (SSSR count). The molecule has 0 saturated carbocycles. The standard InChI is InChI=1S/C13H23N3O2/c1-4-7-14-12(13(17)18)9-16-11(6-3)8-10(5-2)15-16/h8,12,14H,4-7,9H2,1-3H3,(H,17,18). The Kier molecular flexibility index (Phi) is 5.85. The summed E-state index contributed by atoms with van der Waals surface area (Å²) < 4.78 is 1.82. The van der Waals surface area contributed by atoms with Crippen molar-refractivity contribution in [2.24, 2.45) is 0 Å². The number of nitrogens with one attached hydrogen (secondary N) is 1. The fourth-order valence-corrected chi connectivity index (χ4v) is 1.85. The van der Waals surface area contributed by atoms with Crippen LogP contribution < -0.4 is 5.32 Å². The van der Waals surface area contributed by atoms with E-state index in [4.69, 9.17) is 0 Å². The van der Waals surface area contributed by atoms with E-state index in [0.717, 1.165) is 30.7 Å². The van der Waals surface area contributed by atoms with Crippen molar-refractivity contribution in [3.05, 3.63) is 17.5 Å². The lowest BCUT2D eigenvalue weighted by molar-refractivity contribution is -0.139. The molecule has 5 heteroatoms. The molecule has 0 radical (unpaired) electrons. The van der Waals surface area contributed by atoms with Crippen molar-refractivity contribution in [3.8, 4) is 0 Å². The van der Waals surface area contributed by atoms with Gasteiger partial charge in [-0.25, -0.2) is 0 Å². The molecule has 0 amide bonds. The first-order valence-electron chi connectivity index (χ1n) is 6.64. The zero-order valence-electron chi connectivity index (χ0n) is 11.4. The summed E-state index contributed by atoms with van der Waals surface area (Å²) in [4.78, 5) is 11.2. The smallest absolute Gasteiger partial charge is 0.322 e. The van der Waals surface area contributed by atoms with Crippen LogP contribution in [0.15, 0.2) is 6.07 Å². The number of aromatic nitrogens is 2. The van der Waals surface area contributed by atoms with Gasteiger partial charge in [-0.15, -0.1) is 0 Å². The lowest BCUT2D eigenvalue weighted by Gasteiger charge is -2.15. The predicted molar refractivity (Wildman–Crippen MR) is 70.7 cm³/mol. The van der Waals surface area contributed by atoms with E-state index < -0.39 is 12.0 Å². The van der Waals surface area contributed by atoms with Crippen molar-refractivity contribution >= 4 is 5.97 Å². The molecule has 0 fully saturated rings. The van der Waals surface area contributed by atoms with Crippen LogP contribution in [-0.4, -0.2) is 33.4 Å². The fraction of sp³-hybridized carbons (Fsp3) is 0.692. The highest BCUT2D eigenvalue weighted by Gasteiger charge is 2.18. The molecule has 1 atom stereocenters. The lowest BCUT2D eigenvalue weighted by atomic mass is 10.2. The van der Waals surface area contributed by atoms with E-state index in [1.807, 2.05) is 11.6 Å². The van der Waals surface area contributed by atoms with Crippen molar-refractivity contribution in [1.82, 2.24) is 15.1 Å². The summed E-state index contributed by atoms with van der Waals surface area (Å²) in [6.07, 6.45) is 2.66. The van der Waals surface area contributed by atoms with E-state index in [1.165, 1.54) is 0 Å². The van der Waals surface area contributed by atoms with Crippen LogP contribution in [0.1, 0.15) is 38.6 Å². The maximum absolute atomic E-state index is 11.2. The van der Waals surface area contributed by atoms with Crippen molar-refractivity contribution in [3.63, 3.8) is 0 Å². The van der Waals surface area contributed by atoms with Crippen LogP contribution >= 0.6 is 0 Å². The molecule has 1 aromatic rings. The summed E-state index contributed by atoms with van der Waals surface area (Å²) in [6, 6.07) is 1.48. The minimum absolute atomic E-state index is 0.387. The van der Waals surface area contributed by atoms with Gasteiger partial charge in [-0.1, -0.05) is 20.8 Å². The number of aliphatic carboxylic acids is 1. The Morgan fingerprint density at radius 1 is 1.44 bits per heavy atom. The average molecular weight is 253 g/mol. The first kappa shape index (κ1) is 14.7. The zero-order chi connectivity index (χ0) is 13.5. The molecular weight excluding hydrogens is 230 g/mol. The van der Waals surface area contributed by atoms with Gasteiger partial charge in [0.1, 0.15) is 6.04 Å². The van der Waals surface area contributed by atoms with Crippen LogP contribution in [0.4, 0.5) is 0 Å². The summed E-state index contributed by atoms with van der Waals surface area (Å²) in [7, 11) is 0. The van der Waals surface area contributed by atoms with Gasteiger partial charge in [0.15, 0.2) is 0 Å². The normalized spacial score (nSPS) is 12.6. The second-order valence-electron chi connectivity index (χ2n) is 4.36. The van der Waals surface area contributed by atoms with Gasteiger partial charge in [-0.3, -0.25) is 9.48 Å². The first-order chi connectivity index (χ1) is 8.62. The van der Waals surface area contributed by atoms with E-state index in [0.29, 0.717) is 13.1 Å². The molecule has 1 unspecified atom stereocenters. The first-order valence-corrected chi connectivity index (χ1v) is 6.64. The van der Waals surface area contributed by atoms with E-state index >= 15 is 0 Å². The second-order valence-corrected chi connectivity index (χ2v) is 4.36. The monoisotopic (exact) mass is 253 g/mol. The van der Waals surface area contributed by atoms with Gasteiger partial charge in [0.25, 0.3) is 0 Å². The minimum Gasteiger partial charge on any atom is -0.480 e. The van der Waals surface area contributed by atoms with Gasteiger partial charge in [0.05, 0.1) is 12.2 Å². The van der Waals surface area contributed by atoms with Gasteiger partial charge in [-0.05, 0) is 31.9 Å². The molecule has 2 N–H and O–H groups in total. The highest BCUT2D eigenvalue weighted by molar-refractivity contribution is 5.73. The number of aryl methyl sites for hydroxylation is 2. The summed E-state index contributed by atoms with van der Waals surface area (Å²) in [6.45, 7) is 7.23. The van der Waals surface area contributed by atoms with E-state index in [9.17, 15) is 9.90 Å². The molecule has 5 nitrogen and oxygen atoms in total. The number of carboxylic acid groups (broad SMARTS) is 1. The largest absolute Gasteiger partial charge is 0.480 e. The van der Waals surface area contributed by atoms with Gasteiger partial charge < -0.3 is 10.4 Å². The number of hydrogen-bond acceptors (Lipinski definition) is 3. The summed E-state index contributed by atoms with van der Waals surface area (Å²) >= 11 is 0. The Morgan fingerprint density at radius 3 is 2.67 bits per heavy atom. The van der Waals surface area contributed by atoms with Crippen molar-refractivity contribution < 1.29 is 9.90 Å². The molecule has 0 aliphatic heterocycles. The predicted octanol–water partition coefficient (Wildman–Crippen LogP) is 1.46. The van der Waals surface area contributed by atoms with E-state index in [-0.39, 0.29) is 0 Å². The molecule has 0 spiro atoms. The molecule has 0 aliphatic carbocycles. The third-order valence-corrected chi connectivity index (χ3v) is 2.93. The Morgan fingerprint density at radius 2 is 2.17 bits per heavy atom. The number of carbonyl (C=O) groups is 1. The molecule has 102 valence electrons. The summed E-state index contributed by atoms with van der Waals surface area (Å²) in [5.74, 6) is -0.820. The Hall–Kier alpha value is -1.36. The summed E-state index contributed by atoms with van der Waals surface area (Å²) in [5, 5.41) is 16.7. The molecule has 0 bridgehead atoms. The Bertz CT molecular complexity index is 388. The van der Waals surface area contributed by atoms with Crippen molar-refractivity contribution in [2.45, 2.75) is 52.6 Å². The van der Waals surface area contributed by atoms with Crippen LogP contribution in [0.5, 0.6) is 0 Å². The number of carboxylic acids is 1. The molecule has 18 heavy (non-hydrogen) atoms. The Balaban J connectivity index is 2.78. The van der Waals surface area contributed by atoms with Crippen LogP contribution in [0.3, 0.4) is 0 Å². The maximum Gasteiger partial charge on any atom is 0.322 e. The third-order valence-electron chi connectivity index (χ3n) is 2.93. The Labute approximate surface area is 108 Å². The topological polar surface area (TPSA) is 67.2 Å². The molecule has 1 aromatic heterocycles. The molecule has 0 aromatic carbocycles. The van der Waals surface area contributed by atoms with Crippen LogP contribution in [-0.2, 0) is 24.2 Å². The number of hydrogen-bond donors (Lipinski definition) is 2. The van der Waals surface area contributed by atoms with E-state index in [1.54, 1.807) is 0 Å². The molecule has 1 heterocycles. The van der Waals surface area contributed by atoms with Gasteiger partial charge in [0, 0.05) is 5.69 Å². The highest BCUT2D eigenvalue weighted by atomic mass is 16.4. The molecular formula is C13H23N3O2. The van der Waals surface area contributed by atoms with Crippen molar-refractivity contribution in [1.29, 1.82) is 0 Å². The van der Waals surface area contributed by atoms with Gasteiger partial charge in [0.2, 0.25) is 0 Å². The van der Waals surface area contributed by atoms with Gasteiger partial charge in [-0.2, -0.15) is 5.10 Å². The minimum atomic E-state index is -0.820. The molecule has 0 saturated heterocycles. The maximum atomic E-state index is 11.2. The summed E-state index contributed by atoms with van der Waals surface area (Å²) in [5.41, 5.74) is 2.11. The third kappa shape index (κ3) is 3.84. The number of rotatable bonds is 8. The van der Waals surface area contributed by atoms with Crippen LogP contribution in [0.2, 0.25) is 0 Å². The average Bonchev–Trinajstić information content (AvgIpc) is 2.76. The molecule has 0 aliphatic rings. The van der Waals surface area contributed by atoms with Crippen molar-refractivity contribution in [2.75, 3.05) is 6.54 Å².